The molecule has 4 N–H and O–H groups in total. The van der Waals surface area contributed by atoms with E-state index in [4.69, 9.17) is 5.73 Å². The number of nitrogens with two attached hydrogens (primary N) is 1. The van der Waals surface area contributed by atoms with Gasteiger partial charge in [0.2, 0.25) is 0 Å². The molecule has 0 atom stereocenters. The molecule has 1 spiro atoms. The van der Waals surface area contributed by atoms with Crippen LogP contribution < -0.4 is 16.4 Å². The van der Waals surface area contributed by atoms with Gasteiger partial charge in [-0.3, -0.25) is 0 Å². The van der Waals surface area contributed by atoms with Crippen molar-refractivity contribution in [2.75, 3.05) is 10.6 Å². The van der Waals surface area contributed by atoms with E-state index < -0.39 is 6.03 Å². The molecule has 2 saturated carbocycles. The first-order chi connectivity index (χ1) is 10.2. The van der Waals surface area contributed by atoms with Crippen molar-refractivity contribution < 1.29 is 4.79 Å². The maximum Gasteiger partial charge on any atom is 0.316 e. The molecule has 3 rings (SSSR count). The van der Waals surface area contributed by atoms with E-state index in [1.807, 2.05) is 24.3 Å². The standard InChI is InChI=1S/C17H25N3O/c18-16(21)20-15-5-3-4-14(12-15)19-13-6-10-17(11-7-13)8-1-2-9-17/h3-5,12-13,19H,1-2,6-11H2,(H3,18,20,21). The SMILES string of the molecule is NC(=O)Nc1cccc(NC2CCC3(CCCC3)CC2)c1. The minimum absolute atomic E-state index is 0.520. The van der Waals surface area contributed by atoms with E-state index in [9.17, 15) is 4.79 Å². The summed E-state index contributed by atoms with van der Waals surface area (Å²) in [6.45, 7) is 0. The number of anilines is 2. The highest BCUT2D eigenvalue weighted by molar-refractivity contribution is 5.88. The van der Waals surface area contributed by atoms with Crippen LogP contribution in [0.2, 0.25) is 0 Å². The number of primary amides is 1. The fourth-order valence-corrected chi connectivity index (χ4v) is 4.06. The van der Waals surface area contributed by atoms with E-state index in [1.54, 1.807) is 0 Å². The van der Waals surface area contributed by atoms with Crippen molar-refractivity contribution in [3.05, 3.63) is 24.3 Å². The summed E-state index contributed by atoms with van der Waals surface area (Å²) in [6, 6.07) is 7.82. The van der Waals surface area contributed by atoms with Gasteiger partial charge in [0.05, 0.1) is 0 Å². The molecule has 21 heavy (non-hydrogen) atoms. The lowest BCUT2D eigenvalue weighted by molar-refractivity contribution is 0.188. The van der Waals surface area contributed by atoms with Gasteiger partial charge in [0.15, 0.2) is 0 Å². The van der Waals surface area contributed by atoms with Crippen molar-refractivity contribution in [3.8, 4) is 0 Å². The summed E-state index contributed by atoms with van der Waals surface area (Å²) in [5.41, 5.74) is 7.64. The lowest BCUT2D eigenvalue weighted by atomic mass is 9.71. The number of carbonyl (C=O) groups is 1. The lowest BCUT2D eigenvalue weighted by Gasteiger charge is -2.37. The molecule has 2 aliphatic rings. The molecule has 114 valence electrons. The van der Waals surface area contributed by atoms with Crippen LogP contribution >= 0.6 is 0 Å². The Kier molecular flexibility index (Phi) is 4.04. The largest absolute Gasteiger partial charge is 0.382 e. The molecule has 0 radical (unpaired) electrons. The first-order valence-corrected chi connectivity index (χ1v) is 8.08. The van der Waals surface area contributed by atoms with Crippen LogP contribution in [0.4, 0.5) is 16.2 Å². The minimum Gasteiger partial charge on any atom is -0.382 e. The second-order valence-corrected chi connectivity index (χ2v) is 6.70. The van der Waals surface area contributed by atoms with Gasteiger partial charge in [-0.25, -0.2) is 4.79 Å². The second kappa shape index (κ2) is 5.96. The Labute approximate surface area is 126 Å². The average Bonchev–Trinajstić information content (AvgIpc) is 2.90. The molecule has 2 aliphatic carbocycles. The molecule has 4 heteroatoms. The Balaban J connectivity index is 1.56. The maximum atomic E-state index is 10.9. The molecule has 1 aromatic carbocycles. The van der Waals surface area contributed by atoms with Crippen molar-refractivity contribution in [2.45, 2.75) is 57.4 Å². The predicted octanol–water partition coefficient (Wildman–Crippen LogP) is 4.09. The fraction of sp³-hybridized carbons (Fsp3) is 0.588. The number of rotatable bonds is 3. The normalized spacial score (nSPS) is 21.3. The first kappa shape index (κ1) is 14.2. The van der Waals surface area contributed by atoms with E-state index in [-0.39, 0.29) is 0 Å². The van der Waals surface area contributed by atoms with Crippen LogP contribution in [-0.4, -0.2) is 12.1 Å². The Hall–Kier alpha value is -1.71. The number of benzene rings is 1. The van der Waals surface area contributed by atoms with Gasteiger partial charge in [-0.05, 0) is 62.1 Å². The fourth-order valence-electron chi connectivity index (χ4n) is 4.06. The van der Waals surface area contributed by atoms with Gasteiger partial charge in [-0.15, -0.1) is 0 Å². The molecule has 0 saturated heterocycles. The van der Waals surface area contributed by atoms with Crippen LogP contribution in [0.1, 0.15) is 51.4 Å². The molecule has 0 bridgehead atoms. The summed E-state index contributed by atoms with van der Waals surface area (Å²) in [7, 11) is 0. The molecular weight excluding hydrogens is 262 g/mol. The van der Waals surface area contributed by atoms with Gasteiger partial charge >= 0.3 is 6.03 Å². The Morgan fingerprint density at radius 1 is 1.10 bits per heavy atom. The van der Waals surface area contributed by atoms with Gasteiger partial charge in [0.1, 0.15) is 0 Å². The number of urea groups is 1. The van der Waals surface area contributed by atoms with Gasteiger partial charge in [0, 0.05) is 17.4 Å². The van der Waals surface area contributed by atoms with E-state index >= 15 is 0 Å². The van der Waals surface area contributed by atoms with Gasteiger partial charge in [-0.2, -0.15) is 0 Å². The molecule has 0 aromatic heterocycles. The predicted molar refractivity (Wildman–Crippen MR) is 86.4 cm³/mol. The summed E-state index contributed by atoms with van der Waals surface area (Å²) in [5.74, 6) is 0. The summed E-state index contributed by atoms with van der Waals surface area (Å²) >= 11 is 0. The highest BCUT2D eigenvalue weighted by Crippen LogP contribution is 2.49. The van der Waals surface area contributed by atoms with Crippen molar-refractivity contribution >= 4 is 17.4 Å². The smallest absolute Gasteiger partial charge is 0.316 e. The highest BCUT2D eigenvalue weighted by atomic mass is 16.2. The molecule has 0 unspecified atom stereocenters. The first-order valence-electron chi connectivity index (χ1n) is 8.08. The molecule has 0 aliphatic heterocycles. The Morgan fingerprint density at radius 3 is 2.43 bits per heavy atom. The number of amides is 2. The zero-order valence-corrected chi connectivity index (χ0v) is 12.5. The molecular formula is C17H25N3O. The van der Waals surface area contributed by atoms with Crippen LogP contribution in [0.25, 0.3) is 0 Å². The molecule has 0 heterocycles. The van der Waals surface area contributed by atoms with Crippen molar-refractivity contribution in [2.24, 2.45) is 11.1 Å². The van der Waals surface area contributed by atoms with Gasteiger partial charge < -0.3 is 16.4 Å². The minimum atomic E-state index is -0.520. The van der Waals surface area contributed by atoms with E-state index in [2.05, 4.69) is 10.6 Å². The average molecular weight is 287 g/mol. The third kappa shape index (κ3) is 3.49. The number of nitrogens with one attached hydrogen (secondary N) is 2. The molecule has 4 nitrogen and oxygen atoms in total. The Morgan fingerprint density at radius 2 is 1.76 bits per heavy atom. The van der Waals surface area contributed by atoms with Crippen molar-refractivity contribution in [1.82, 2.24) is 0 Å². The molecule has 1 aromatic rings. The molecule has 2 amide bonds. The summed E-state index contributed by atoms with van der Waals surface area (Å²) in [4.78, 5) is 10.9. The van der Waals surface area contributed by atoms with Crippen molar-refractivity contribution in [3.63, 3.8) is 0 Å². The number of hydrogen-bond acceptors (Lipinski definition) is 2. The zero-order valence-electron chi connectivity index (χ0n) is 12.5. The topological polar surface area (TPSA) is 67.2 Å². The number of hydrogen-bond donors (Lipinski definition) is 3. The number of carbonyl (C=O) groups excluding carboxylic acids is 1. The van der Waals surface area contributed by atoms with Crippen LogP contribution in [0.5, 0.6) is 0 Å². The van der Waals surface area contributed by atoms with Gasteiger partial charge in [0.25, 0.3) is 0 Å². The summed E-state index contributed by atoms with van der Waals surface area (Å²) in [5, 5.41) is 6.23. The third-order valence-corrected chi connectivity index (χ3v) is 5.21. The van der Waals surface area contributed by atoms with E-state index in [0.717, 1.165) is 11.4 Å². The summed E-state index contributed by atoms with van der Waals surface area (Å²) < 4.78 is 0. The second-order valence-electron chi connectivity index (χ2n) is 6.70. The van der Waals surface area contributed by atoms with E-state index in [0.29, 0.717) is 11.5 Å². The summed E-state index contributed by atoms with van der Waals surface area (Å²) in [6.07, 6.45) is 11.0. The third-order valence-electron chi connectivity index (χ3n) is 5.21. The monoisotopic (exact) mass is 287 g/mol. The van der Waals surface area contributed by atoms with E-state index in [1.165, 1.54) is 51.4 Å². The molecule has 2 fully saturated rings. The maximum absolute atomic E-state index is 10.9. The van der Waals surface area contributed by atoms with Crippen LogP contribution in [0, 0.1) is 5.41 Å². The van der Waals surface area contributed by atoms with Crippen LogP contribution in [0.3, 0.4) is 0 Å². The zero-order chi connectivity index (χ0) is 14.7. The van der Waals surface area contributed by atoms with Crippen LogP contribution in [-0.2, 0) is 0 Å². The lowest BCUT2D eigenvalue weighted by Crippen LogP contribution is -2.31. The quantitative estimate of drug-likeness (QED) is 0.783. The Bertz CT molecular complexity index is 499. The van der Waals surface area contributed by atoms with Crippen molar-refractivity contribution in [1.29, 1.82) is 0 Å². The van der Waals surface area contributed by atoms with Crippen LogP contribution in [0.15, 0.2) is 24.3 Å². The highest BCUT2D eigenvalue weighted by Gasteiger charge is 2.37. The van der Waals surface area contributed by atoms with Gasteiger partial charge in [-0.1, -0.05) is 18.9 Å².